The van der Waals surface area contributed by atoms with Gasteiger partial charge in [-0.05, 0) is 40.4 Å². The van der Waals surface area contributed by atoms with E-state index >= 15 is 0 Å². The molecule has 0 radical (unpaired) electrons. The molecule has 15 heavy (non-hydrogen) atoms. The third-order valence-corrected chi connectivity index (χ3v) is 3.39. The molecule has 2 rings (SSSR count). The van der Waals surface area contributed by atoms with E-state index in [0.717, 1.165) is 18.4 Å². The van der Waals surface area contributed by atoms with Crippen molar-refractivity contribution in [3.05, 3.63) is 38.3 Å². The van der Waals surface area contributed by atoms with E-state index in [9.17, 15) is 10.1 Å². The van der Waals surface area contributed by atoms with E-state index in [1.54, 1.807) is 12.1 Å². The summed E-state index contributed by atoms with van der Waals surface area (Å²) in [6.07, 6.45) is 7.27. The Morgan fingerprint density at radius 3 is 2.67 bits per heavy atom. The molecule has 0 aliphatic heterocycles. The molecule has 1 aliphatic carbocycles. The van der Waals surface area contributed by atoms with Crippen LogP contribution in [-0.2, 0) is 5.41 Å². The van der Waals surface area contributed by atoms with Gasteiger partial charge in [0, 0.05) is 6.07 Å². The van der Waals surface area contributed by atoms with E-state index < -0.39 is 4.92 Å². The zero-order valence-electron chi connectivity index (χ0n) is 7.87. The molecule has 1 saturated carbocycles. The summed E-state index contributed by atoms with van der Waals surface area (Å²) >= 11 is 3.15. The summed E-state index contributed by atoms with van der Waals surface area (Å²) in [7, 11) is 0. The molecule has 0 unspecified atom stereocenters. The Bertz CT molecular complexity index is 472. The molecule has 0 N–H and O–H groups in total. The first-order valence-electron chi connectivity index (χ1n) is 4.51. The third kappa shape index (κ3) is 1.64. The van der Waals surface area contributed by atoms with Crippen molar-refractivity contribution in [1.82, 2.24) is 0 Å². The van der Waals surface area contributed by atoms with Crippen molar-refractivity contribution in [2.24, 2.45) is 0 Å². The normalized spacial score (nSPS) is 16.8. The molecule has 0 heterocycles. The Kier molecular flexibility index (Phi) is 2.28. The molecule has 0 aromatic heterocycles. The third-order valence-electron chi connectivity index (χ3n) is 2.72. The van der Waals surface area contributed by atoms with Gasteiger partial charge in [-0.25, -0.2) is 0 Å². The first-order valence-corrected chi connectivity index (χ1v) is 5.30. The zero-order chi connectivity index (χ0) is 11.1. The first kappa shape index (κ1) is 10.2. The lowest BCUT2D eigenvalue weighted by molar-refractivity contribution is -0.385. The van der Waals surface area contributed by atoms with Crippen LogP contribution >= 0.6 is 15.9 Å². The summed E-state index contributed by atoms with van der Waals surface area (Å²) in [6.45, 7) is 0. The molecule has 0 saturated heterocycles. The number of hydrogen-bond acceptors (Lipinski definition) is 2. The van der Waals surface area contributed by atoms with Gasteiger partial charge < -0.3 is 0 Å². The van der Waals surface area contributed by atoms with E-state index in [4.69, 9.17) is 6.42 Å². The maximum Gasteiger partial charge on any atom is 0.283 e. The smallest absolute Gasteiger partial charge is 0.258 e. The SMILES string of the molecule is C#CC1(c2ccc(Br)c([N+](=O)[O-])c2)CC1. The van der Waals surface area contributed by atoms with Gasteiger partial charge in [0.15, 0.2) is 0 Å². The van der Waals surface area contributed by atoms with E-state index in [-0.39, 0.29) is 11.1 Å². The Hall–Kier alpha value is -1.34. The second-order valence-electron chi connectivity index (χ2n) is 3.65. The highest BCUT2D eigenvalue weighted by Crippen LogP contribution is 2.48. The fraction of sp³-hybridized carbons (Fsp3) is 0.273. The van der Waals surface area contributed by atoms with Crippen LogP contribution in [0.15, 0.2) is 22.7 Å². The fourth-order valence-electron chi connectivity index (χ4n) is 1.59. The van der Waals surface area contributed by atoms with Crippen LogP contribution in [0.3, 0.4) is 0 Å². The van der Waals surface area contributed by atoms with Crippen LogP contribution in [0, 0.1) is 22.5 Å². The number of rotatable bonds is 2. The van der Waals surface area contributed by atoms with Gasteiger partial charge in [0.05, 0.1) is 14.8 Å². The zero-order valence-corrected chi connectivity index (χ0v) is 9.45. The lowest BCUT2D eigenvalue weighted by Crippen LogP contribution is -2.03. The van der Waals surface area contributed by atoms with Crippen molar-refractivity contribution in [1.29, 1.82) is 0 Å². The highest BCUT2D eigenvalue weighted by molar-refractivity contribution is 9.10. The van der Waals surface area contributed by atoms with Crippen molar-refractivity contribution >= 4 is 21.6 Å². The first-order chi connectivity index (χ1) is 7.09. The Morgan fingerprint density at radius 1 is 1.53 bits per heavy atom. The van der Waals surface area contributed by atoms with Crippen molar-refractivity contribution in [3.63, 3.8) is 0 Å². The van der Waals surface area contributed by atoms with Crippen molar-refractivity contribution < 1.29 is 4.92 Å². The molecular weight excluding hydrogens is 258 g/mol. The maximum absolute atomic E-state index is 10.7. The molecule has 1 fully saturated rings. The monoisotopic (exact) mass is 265 g/mol. The Labute approximate surface area is 95.8 Å². The van der Waals surface area contributed by atoms with Gasteiger partial charge in [0.25, 0.3) is 5.69 Å². The number of nitro benzene ring substituents is 1. The average Bonchev–Trinajstić information content (AvgIpc) is 2.99. The fourth-order valence-corrected chi connectivity index (χ4v) is 1.98. The molecule has 76 valence electrons. The Morgan fingerprint density at radius 2 is 2.20 bits per heavy atom. The second kappa shape index (κ2) is 3.35. The maximum atomic E-state index is 10.7. The number of nitrogens with zero attached hydrogens (tertiary/aromatic N) is 1. The number of halogens is 1. The number of nitro groups is 1. The molecule has 0 amide bonds. The quantitative estimate of drug-likeness (QED) is 0.469. The summed E-state index contributed by atoms with van der Waals surface area (Å²) < 4.78 is 0.490. The highest BCUT2D eigenvalue weighted by atomic mass is 79.9. The van der Waals surface area contributed by atoms with Gasteiger partial charge in [-0.1, -0.05) is 12.0 Å². The highest BCUT2D eigenvalue weighted by Gasteiger charge is 2.43. The standard InChI is InChI=1S/C11H8BrNO2/c1-2-11(5-6-11)8-3-4-9(12)10(7-8)13(14)15/h1,3-4,7H,5-6H2. The topological polar surface area (TPSA) is 43.1 Å². The van der Waals surface area contributed by atoms with E-state index in [1.807, 2.05) is 6.07 Å². The molecule has 1 aromatic carbocycles. The van der Waals surface area contributed by atoms with Crippen LogP contribution in [0.4, 0.5) is 5.69 Å². The molecular formula is C11H8BrNO2. The van der Waals surface area contributed by atoms with Crippen LogP contribution < -0.4 is 0 Å². The number of benzene rings is 1. The van der Waals surface area contributed by atoms with Gasteiger partial charge in [0.1, 0.15) is 0 Å². The minimum absolute atomic E-state index is 0.0778. The predicted octanol–water partition coefficient (Wildman–Crippen LogP) is 3.02. The van der Waals surface area contributed by atoms with Crippen LogP contribution in [0.5, 0.6) is 0 Å². The van der Waals surface area contributed by atoms with Gasteiger partial charge >= 0.3 is 0 Å². The molecule has 1 aromatic rings. The van der Waals surface area contributed by atoms with Gasteiger partial charge in [0.2, 0.25) is 0 Å². The molecule has 0 bridgehead atoms. The Balaban J connectivity index is 2.49. The van der Waals surface area contributed by atoms with Gasteiger partial charge in [-0.15, -0.1) is 6.42 Å². The van der Waals surface area contributed by atoms with E-state index in [2.05, 4.69) is 21.9 Å². The molecule has 3 nitrogen and oxygen atoms in total. The minimum atomic E-state index is -0.403. The predicted molar refractivity (Wildman–Crippen MR) is 60.5 cm³/mol. The van der Waals surface area contributed by atoms with Crippen LogP contribution in [0.25, 0.3) is 0 Å². The second-order valence-corrected chi connectivity index (χ2v) is 4.50. The summed E-state index contributed by atoms with van der Waals surface area (Å²) in [5.41, 5.74) is 0.708. The van der Waals surface area contributed by atoms with Gasteiger partial charge in [-0.2, -0.15) is 0 Å². The molecule has 1 aliphatic rings. The molecule has 0 atom stereocenters. The van der Waals surface area contributed by atoms with Crippen molar-refractivity contribution in [2.45, 2.75) is 18.3 Å². The molecule has 0 spiro atoms. The average molecular weight is 266 g/mol. The lowest BCUT2D eigenvalue weighted by Gasteiger charge is -2.07. The van der Waals surface area contributed by atoms with Crippen molar-refractivity contribution in [2.75, 3.05) is 0 Å². The largest absolute Gasteiger partial charge is 0.283 e. The van der Waals surface area contributed by atoms with Gasteiger partial charge in [-0.3, -0.25) is 10.1 Å². The van der Waals surface area contributed by atoms with E-state index in [0.29, 0.717) is 4.47 Å². The number of hydrogen-bond donors (Lipinski definition) is 0. The van der Waals surface area contributed by atoms with Crippen LogP contribution in [-0.4, -0.2) is 4.92 Å². The van der Waals surface area contributed by atoms with E-state index in [1.165, 1.54) is 0 Å². The van der Waals surface area contributed by atoms with Crippen LogP contribution in [0.2, 0.25) is 0 Å². The molecule has 4 heteroatoms. The van der Waals surface area contributed by atoms with Crippen molar-refractivity contribution in [3.8, 4) is 12.3 Å². The van der Waals surface area contributed by atoms with Crippen LogP contribution in [0.1, 0.15) is 18.4 Å². The minimum Gasteiger partial charge on any atom is -0.258 e. The number of terminal acetylenes is 1. The summed E-state index contributed by atoms with van der Waals surface area (Å²) in [4.78, 5) is 10.3. The lowest BCUT2D eigenvalue weighted by atomic mass is 9.97. The summed E-state index contributed by atoms with van der Waals surface area (Å²) in [5, 5.41) is 10.7. The summed E-state index contributed by atoms with van der Waals surface area (Å²) in [6, 6.07) is 5.10. The summed E-state index contributed by atoms with van der Waals surface area (Å²) in [5.74, 6) is 2.72.